The summed E-state index contributed by atoms with van der Waals surface area (Å²) in [6, 6.07) is 12.7. The highest BCUT2D eigenvalue weighted by Crippen LogP contribution is 2.15. The van der Waals surface area contributed by atoms with Gasteiger partial charge in [-0.3, -0.25) is 0 Å². The molecule has 0 saturated carbocycles. The second-order valence-electron chi connectivity index (χ2n) is 7.85. The number of ether oxygens (including phenoxy) is 4. The van der Waals surface area contributed by atoms with Crippen LogP contribution < -0.4 is 14.8 Å². The number of benzene rings is 2. The SMILES string of the molecule is CCOC(Cc1ccc(OCCN(CCCOc2ccc(F)cc2)C(=O)NCCOC)cc1)C(=O)O. The summed E-state index contributed by atoms with van der Waals surface area (Å²) in [5.41, 5.74) is 0.823. The zero-order valence-electron chi connectivity index (χ0n) is 20.8. The van der Waals surface area contributed by atoms with Crippen molar-refractivity contribution in [3.8, 4) is 11.5 Å². The van der Waals surface area contributed by atoms with Crippen LogP contribution in [0.5, 0.6) is 11.5 Å². The fourth-order valence-electron chi connectivity index (χ4n) is 3.29. The van der Waals surface area contributed by atoms with E-state index in [0.717, 1.165) is 5.56 Å². The van der Waals surface area contributed by atoms with Crippen molar-refractivity contribution in [2.75, 3.05) is 53.2 Å². The highest BCUT2D eigenvalue weighted by molar-refractivity contribution is 5.74. The number of hydrogen-bond acceptors (Lipinski definition) is 6. The third kappa shape index (κ3) is 10.9. The van der Waals surface area contributed by atoms with Gasteiger partial charge in [0.2, 0.25) is 0 Å². The molecule has 0 aliphatic rings. The van der Waals surface area contributed by atoms with Crippen LogP contribution >= 0.6 is 0 Å². The van der Waals surface area contributed by atoms with Crippen molar-refractivity contribution in [2.45, 2.75) is 25.9 Å². The molecule has 0 heterocycles. The highest BCUT2D eigenvalue weighted by Gasteiger charge is 2.18. The van der Waals surface area contributed by atoms with Gasteiger partial charge in [0.25, 0.3) is 0 Å². The Hall–Kier alpha value is -3.37. The van der Waals surface area contributed by atoms with Gasteiger partial charge in [0.15, 0.2) is 6.10 Å². The first kappa shape index (κ1) is 28.9. The van der Waals surface area contributed by atoms with Gasteiger partial charge >= 0.3 is 12.0 Å². The first-order valence-corrected chi connectivity index (χ1v) is 11.9. The molecule has 198 valence electrons. The molecule has 2 N–H and O–H groups in total. The molecule has 1 unspecified atom stereocenters. The van der Waals surface area contributed by atoms with Gasteiger partial charge < -0.3 is 34.3 Å². The fourth-order valence-corrected chi connectivity index (χ4v) is 3.29. The van der Waals surface area contributed by atoms with Crippen molar-refractivity contribution < 1.29 is 38.0 Å². The number of nitrogens with one attached hydrogen (secondary N) is 1. The molecule has 9 nitrogen and oxygen atoms in total. The van der Waals surface area contributed by atoms with Crippen LogP contribution in [0, 0.1) is 5.82 Å². The molecule has 2 rings (SSSR count). The van der Waals surface area contributed by atoms with Crippen molar-refractivity contribution in [1.82, 2.24) is 10.2 Å². The molecule has 0 bridgehead atoms. The molecule has 2 aromatic rings. The standard InChI is InChI=1S/C26H35FN2O7/c1-3-34-24(25(30)31)19-20-5-9-22(10-6-20)36-18-15-29(26(32)28-13-17-33-2)14-4-16-35-23-11-7-21(27)8-12-23/h5-12,24H,3-4,13-19H2,1-2H3,(H,28,32)(H,30,31). The van der Waals surface area contributed by atoms with E-state index in [2.05, 4.69) is 5.32 Å². The molecule has 0 aliphatic heterocycles. The van der Waals surface area contributed by atoms with E-state index in [4.69, 9.17) is 18.9 Å². The van der Waals surface area contributed by atoms with Crippen LogP contribution in [0.1, 0.15) is 18.9 Å². The van der Waals surface area contributed by atoms with Gasteiger partial charge in [-0.1, -0.05) is 12.1 Å². The van der Waals surface area contributed by atoms with Crippen molar-refractivity contribution in [2.24, 2.45) is 0 Å². The molecule has 2 aromatic carbocycles. The Morgan fingerprint density at radius 1 is 0.972 bits per heavy atom. The van der Waals surface area contributed by atoms with Crippen molar-refractivity contribution in [1.29, 1.82) is 0 Å². The number of carbonyl (C=O) groups is 2. The number of methoxy groups -OCH3 is 1. The zero-order valence-corrected chi connectivity index (χ0v) is 20.8. The smallest absolute Gasteiger partial charge is 0.333 e. The van der Waals surface area contributed by atoms with Crippen molar-refractivity contribution >= 4 is 12.0 Å². The molecular formula is C26H35FN2O7. The van der Waals surface area contributed by atoms with E-state index < -0.39 is 12.1 Å². The summed E-state index contributed by atoms with van der Waals surface area (Å²) in [4.78, 5) is 25.5. The zero-order chi connectivity index (χ0) is 26.2. The van der Waals surface area contributed by atoms with Crippen LogP contribution in [0.2, 0.25) is 0 Å². The van der Waals surface area contributed by atoms with E-state index in [-0.39, 0.29) is 24.9 Å². The third-order valence-corrected chi connectivity index (χ3v) is 5.14. The predicted molar refractivity (Wildman–Crippen MR) is 132 cm³/mol. The average Bonchev–Trinajstić information content (AvgIpc) is 2.87. The quantitative estimate of drug-likeness (QED) is 0.317. The van der Waals surface area contributed by atoms with Gasteiger partial charge in [-0.2, -0.15) is 0 Å². The van der Waals surface area contributed by atoms with Crippen molar-refractivity contribution in [3.05, 3.63) is 59.9 Å². The molecule has 10 heteroatoms. The summed E-state index contributed by atoms with van der Waals surface area (Å²) in [6.45, 7) is 4.31. The first-order valence-electron chi connectivity index (χ1n) is 11.9. The largest absolute Gasteiger partial charge is 0.494 e. The fraction of sp³-hybridized carbons (Fsp3) is 0.462. The van der Waals surface area contributed by atoms with Gasteiger partial charge in [-0.15, -0.1) is 0 Å². The lowest BCUT2D eigenvalue weighted by Crippen LogP contribution is -2.43. The molecule has 2 amide bonds. The minimum absolute atomic E-state index is 0.233. The summed E-state index contributed by atoms with van der Waals surface area (Å²) in [7, 11) is 1.56. The lowest BCUT2D eigenvalue weighted by Gasteiger charge is -2.23. The van der Waals surface area contributed by atoms with Crippen LogP contribution in [0.4, 0.5) is 9.18 Å². The second-order valence-corrected chi connectivity index (χ2v) is 7.85. The monoisotopic (exact) mass is 506 g/mol. The number of halogens is 1. The van der Waals surface area contributed by atoms with Gasteiger partial charge in [0, 0.05) is 33.2 Å². The van der Waals surface area contributed by atoms with Crippen LogP contribution in [0.25, 0.3) is 0 Å². The molecule has 0 fully saturated rings. The molecule has 0 aromatic heterocycles. The van der Waals surface area contributed by atoms with E-state index in [1.54, 1.807) is 55.3 Å². The number of amides is 2. The maximum absolute atomic E-state index is 13.0. The summed E-state index contributed by atoms with van der Waals surface area (Å²) in [6.07, 6.45) is -0.0493. The Bertz CT molecular complexity index is 910. The van der Waals surface area contributed by atoms with E-state index >= 15 is 0 Å². The Labute approximate surface area is 211 Å². The van der Waals surface area contributed by atoms with Gasteiger partial charge in [0.05, 0.1) is 19.8 Å². The summed E-state index contributed by atoms with van der Waals surface area (Å²) in [5, 5.41) is 12.0. The molecule has 0 aliphatic carbocycles. The van der Waals surface area contributed by atoms with E-state index in [9.17, 15) is 19.1 Å². The number of rotatable bonds is 17. The number of carbonyl (C=O) groups excluding carboxylic acids is 1. The van der Waals surface area contributed by atoms with E-state index in [1.165, 1.54) is 12.1 Å². The Morgan fingerprint density at radius 3 is 2.22 bits per heavy atom. The van der Waals surface area contributed by atoms with E-state index in [1.807, 2.05) is 0 Å². The number of hydrogen-bond donors (Lipinski definition) is 2. The topological polar surface area (TPSA) is 107 Å². The minimum Gasteiger partial charge on any atom is -0.494 e. The molecule has 1 atom stereocenters. The number of aliphatic carboxylic acids is 1. The Morgan fingerprint density at radius 2 is 1.61 bits per heavy atom. The number of urea groups is 1. The molecule has 0 radical (unpaired) electrons. The normalized spacial score (nSPS) is 11.5. The molecule has 0 saturated heterocycles. The van der Waals surface area contributed by atoms with Crippen LogP contribution in [-0.2, 0) is 20.7 Å². The summed E-state index contributed by atoms with van der Waals surface area (Å²) in [5.74, 6) is -0.147. The van der Waals surface area contributed by atoms with Crippen LogP contribution in [0.3, 0.4) is 0 Å². The minimum atomic E-state index is -0.996. The molecule has 36 heavy (non-hydrogen) atoms. The van der Waals surface area contributed by atoms with Crippen LogP contribution in [0.15, 0.2) is 48.5 Å². The number of carboxylic acids is 1. The molecule has 0 spiro atoms. The summed E-state index contributed by atoms with van der Waals surface area (Å²) < 4.78 is 34.6. The van der Waals surface area contributed by atoms with Gasteiger partial charge in [-0.25, -0.2) is 14.0 Å². The van der Waals surface area contributed by atoms with E-state index in [0.29, 0.717) is 57.4 Å². The third-order valence-electron chi connectivity index (χ3n) is 5.14. The van der Waals surface area contributed by atoms with Gasteiger partial charge in [0.1, 0.15) is 23.9 Å². The number of nitrogens with zero attached hydrogens (tertiary/aromatic N) is 1. The predicted octanol–water partition coefficient (Wildman–Crippen LogP) is 3.36. The first-order chi connectivity index (χ1) is 17.4. The summed E-state index contributed by atoms with van der Waals surface area (Å²) >= 11 is 0. The molecular weight excluding hydrogens is 471 g/mol. The number of carboxylic acid groups (broad SMARTS) is 1. The van der Waals surface area contributed by atoms with Gasteiger partial charge in [-0.05, 0) is 55.3 Å². The lowest BCUT2D eigenvalue weighted by molar-refractivity contribution is -0.149. The Balaban J connectivity index is 1.83. The van der Waals surface area contributed by atoms with Crippen LogP contribution in [-0.4, -0.2) is 81.3 Å². The average molecular weight is 507 g/mol. The maximum Gasteiger partial charge on any atom is 0.333 e. The maximum atomic E-state index is 13.0. The lowest BCUT2D eigenvalue weighted by atomic mass is 10.1. The highest BCUT2D eigenvalue weighted by atomic mass is 19.1. The van der Waals surface area contributed by atoms with Crippen molar-refractivity contribution in [3.63, 3.8) is 0 Å². The second kappa shape index (κ2) is 16.3. The Kier molecular flexibility index (Phi) is 13.1.